The maximum Gasteiger partial charge on any atom is 0.206 e. The van der Waals surface area contributed by atoms with E-state index in [1.807, 2.05) is 54.6 Å². The largest absolute Gasteiger partial charge is 0.506 e. The van der Waals surface area contributed by atoms with Gasteiger partial charge in [-0.3, -0.25) is 4.79 Å². The third kappa shape index (κ3) is 2.92. The van der Waals surface area contributed by atoms with Crippen molar-refractivity contribution >= 4 is 21.9 Å². The fraction of sp³-hybridized carbons (Fsp3) is 0.0800. The van der Waals surface area contributed by atoms with Crippen LogP contribution >= 0.6 is 0 Å². The van der Waals surface area contributed by atoms with Crippen molar-refractivity contribution in [2.75, 3.05) is 0 Å². The molecule has 0 spiro atoms. The van der Waals surface area contributed by atoms with E-state index < -0.39 is 0 Å². The molecule has 0 unspecified atom stereocenters. The van der Waals surface area contributed by atoms with Gasteiger partial charge in [0.15, 0.2) is 16.6 Å². The van der Waals surface area contributed by atoms with Gasteiger partial charge in [-0.25, -0.2) is 0 Å². The Morgan fingerprint density at radius 2 is 1.73 bits per heavy atom. The van der Waals surface area contributed by atoms with Gasteiger partial charge in [0.05, 0.1) is 11.6 Å². The van der Waals surface area contributed by atoms with Crippen LogP contribution in [-0.2, 0) is 6.61 Å². The molecule has 2 heterocycles. The maximum absolute atomic E-state index is 12.5. The Morgan fingerprint density at radius 1 is 0.967 bits per heavy atom. The average molecular weight is 398 g/mol. The second-order valence-electron chi connectivity index (χ2n) is 7.08. The van der Waals surface area contributed by atoms with E-state index in [2.05, 4.69) is 0 Å². The fourth-order valence-electron chi connectivity index (χ4n) is 3.73. The molecular weight excluding hydrogens is 380 g/mol. The molecule has 30 heavy (non-hydrogen) atoms. The molecule has 1 N–H and O–H groups in total. The molecule has 5 aromatic rings. The number of hydrogen-bond acceptors (Lipinski definition) is 5. The number of aromatic hydroxyl groups is 1. The van der Waals surface area contributed by atoms with Crippen molar-refractivity contribution in [2.45, 2.75) is 13.5 Å². The SMILES string of the molecule is Cc1cc(=O)c2c(O)c3ccoc3c(OCc3ccccc3-c3ccccc3)c2o1. The number of aryl methyl sites for hydroxylation is 1. The minimum atomic E-state index is -0.330. The normalized spacial score (nSPS) is 11.2. The van der Waals surface area contributed by atoms with Crippen LogP contribution in [0.1, 0.15) is 11.3 Å². The Labute approximate surface area is 171 Å². The summed E-state index contributed by atoms with van der Waals surface area (Å²) in [5, 5.41) is 11.1. The monoisotopic (exact) mass is 398 g/mol. The van der Waals surface area contributed by atoms with Crippen molar-refractivity contribution in [1.82, 2.24) is 0 Å². The van der Waals surface area contributed by atoms with E-state index in [4.69, 9.17) is 13.6 Å². The third-order valence-corrected chi connectivity index (χ3v) is 5.11. The summed E-state index contributed by atoms with van der Waals surface area (Å²) in [6, 6.07) is 21.0. The van der Waals surface area contributed by atoms with E-state index in [-0.39, 0.29) is 28.8 Å². The van der Waals surface area contributed by atoms with Crippen LogP contribution in [0.25, 0.3) is 33.1 Å². The summed E-state index contributed by atoms with van der Waals surface area (Å²) >= 11 is 0. The molecule has 0 aliphatic rings. The van der Waals surface area contributed by atoms with Crippen LogP contribution in [0.2, 0.25) is 0 Å². The van der Waals surface area contributed by atoms with Crippen LogP contribution in [0.3, 0.4) is 0 Å². The number of fused-ring (bicyclic) bond motifs is 2. The Morgan fingerprint density at radius 3 is 2.57 bits per heavy atom. The second kappa shape index (κ2) is 7.12. The molecule has 0 atom stereocenters. The van der Waals surface area contributed by atoms with Gasteiger partial charge < -0.3 is 18.7 Å². The summed E-state index contributed by atoms with van der Waals surface area (Å²) in [5.41, 5.74) is 3.29. The number of furan rings is 1. The van der Waals surface area contributed by atoms with Gasteiger partial charge in [0.2, 0.25) is 5.75 Å². The van der Waals surface area contributed by atoms with E-state index in [1.165, 1.54) is 12.3 Å². The second-order valence-corrected chi connectivity index (χ2v) is 7.08. The Hall–Kier alpha value is -3.99. The number of phenols is 1. The number of benzene rings is 3. The first-order valence-corrected chi connectivity index (χ1v) is 9.56. The van der Waals surface area contributed by atoms with Crippen molar-refractivity contribution in [1.29, 1.82) is 0 Å². The smallest absolute Gasteiger partial charge is 0.206 e. The zero-order chi connectivity index (χ0) is 20.7. The minimum absolute atomic E-state index is 0.0841. The Kier molecular flexibility index (Phi) is 4.29. The van der Waals surface area contributed by atoms with Crippen LogP contribution in [-0.4, -0.2) is 5.11 Å². The topological polar surface area (TPSA) is 72.8 Å². The van der Waals surface area contributed by atoms with Crippen LogP contribution in [0.5, 0.6) is 11.5 Å². The number of phenolic OH excluding ortho intramolecular Hbond substituents is 1. The quantitative estimate of drug-likeness (QED) is 0.414. The third-order valence-electron chi connectivity index (χ3n) is 5.11. The lowest BCUT2D eigenvalue weighted by atomic mass is 10.0. The van der Waals surface area contributed by atoms with E-state index in [1.54, 1.807) is 13.0 Å². The van der Waals surface area contributed by atoms with E-state index in [0.717, 1.165) is 16.7 Å². The van der Waals surface area contributed by atoms with Gasteiger partial charge in [0.25, 0.3) is 0 Å². The van der Waals surface area contributed by atoms with Crippen molar-refractivity contribution < 1.29 is 18.7 Å². The molecule has 0 saturated heterocycles. The van der Waals surface area contributed by atoms with Gasteiger partial charge in [-0.15, -0.1) is 0 Å². The Balaban J connectivity index is 1.65. The molecule has 0 aliphatic carbocycles. The highest BCUT2D eigenvalue weighted by Crippen LogP contribution is 2.42. The number of rotatable bonds is 4. The summed E-state index contributed by atoms with van der Waals surface area (Å²) < 4.78 is 17.5. The fourth-order valence-corrected chi connectivity index (χ4v) is 3.73. The van der Waals surface area contributed by atoms with E-state index in [0.29, 0.717) is 22.5 Å². The number of hydrogen-bond donors (Lipinski definition) is 1. The molecule has 0 saturated carbocycles. The van der Waals surface area contributed by atoms with Gasteiger partial charge in [-0.1, -0.05) is 54.6 Å². The van der Waals surface area contributed by atoms with Gasteiger partial charge in [-0.05, 0) is 29.7 Å². The molecule has 0 radical (unpaired) electrons. The average Bonchev–Trinajstić information content (AvgIpc) is 3.24. The summed E-state index contributed by atoms with van der Waals surface area (Å²) in [4.78, 5) is 12.5. The predicted molar refractivity (Wildman–Crippen MR) is 115 cm³/mol. The van der Waals surface area contributed by atoms with Gasteiger partial charge in [0, 0.05) is 6.07 Å². The molecule has 5 rings (SSSR count). The zero-order valence-electron chi connectivity index (χ0n) is 16.2. The maximum atomic E-state index is 12.5. The van der Waals surface area contributed by atoms with Crippen LogP contribution in [0, 0.1) is 6.92 Å². The molecule has 0 fully saturated rings. The van der Waals surface area contributed by atoms with Crippen LogP contribution in [0.15, 0.2) is 86.6 Å². The summed E-state index contributed by atoms with van der Waals surface area (Å²) in [6.45, 7) is 1.91. The molecule has 5 heteroatoms. The Bertz CT molecular complexity index is 1430. The molecule has 0 aliphatic heterocycles. The first-order valence-electron chi connectivity index (χ1n) is 9.56. The lowest BCUT2D eigenvalue weighted by Gasteiger charge is -2.13. The van der Waals surface area contributed by atoms with Crippen LogP contribution < -0.4 is 10.2 Å². The van der Waals surface area contributed by atoms with E-state index in [9.17, 15) is 9.90 Å². The molecule has 0 bridgehead atoms. The van der Waals surface area contributed by atoms with Gasteiger partial charge in [0.1, 0.15) is 23.5 Å². The molecule has 148 valence electrons. The lowest BCUT2D eigenvalue weighted by Crippen LogP contribution is -2.04. The zero-order valence-corrected chi connectivity index (χ0v) is 16.2. The highest BCUT2D eigenvalue weighted by molar-refractivity contribution is 6.06. The van der Waals surface area contributed by atoms with Gasteiger partial charge >= 0.3 is 0 Å². The van der Waals surface area contributed by atoms with E-state index >= 15 is 0 Å². The molecular formula is C25H18O5. The lowest BCUT2D eigenvalue weighted by molar-refractivity contribution is 0.303. The van der Waals surface area contributed by atoms with Crippen molar-refractivity contribution in [2.24, 2.45) is 0 Å². The standard InChI is InChI=1S/C25H18O5/c1-15-13-20(26)21-22(27)19-11-12-28-23(19)25(24(21)30-15)29-14-17-9-5-6-10-18(17)16-7-3-2-4-8-16/h2-13,27H,14H2,1H3. The first-order chi connectivity index (χ1) is 14.6. The molecule has 5 nitrogen and oxygen atoms in total. The highest BCUT2D eigenvalue weighted by Gasteiger charge is 2.22. The van der Waals surface area contributed by atoms with Crippen LogP contribution in [0.4, 0.5) is 0 Å². The first kappa shape index (κ1) is 18.1. The summed E-state index contributed by atoms with van der Waals surface area (Å²) in [5.74, 6) is 0.554. The molecule has 3 aromatic carbocycles. The predicted octanol–water partition coefficient (Wildman–Crippen LogP) is 5.80. The van der Waals surface area contributed by atoms with Crippen molar-refractivity contribution in [3.05, 3.63) is 94.5 Å². The summed E-state index contributed by atoms with van der Waals surface area (Å²) in [6.07, 6.45) is 1.45. The molecule has 0 amide bonds. The molecule has 2 aromatic heterocycles. The van der Waals surface area contributed by atoms with Gasteiger partial charge in [-0.2, -0.15) is 0 Å². The highest BCUT2D eigenvalue weighted by atomic mass is 16.5. The summed E-state index contributed by atoms with van der Waals surface area (Å²) in [7, 11) is 0. The minimum Gasteiger partial charge on any atom is -0.506 e. The van der Waals surface area contributed by atoms with Crippen molar-refractivity contribution in [3.63, 3.8) is 0 Å². The van der Waals surface area contributed by atoms with Crippen molar-refractivity contribution in [3.8, 4) is 22.6 Å². The number of ether oxygens (including phenoxy) is 1.